The van der Waals surface area contributed by atoms with Crippen LogP contribution in [0.3, 0.4) is 0 Å². The molecule has 1 aliphatic rings. The summed E-state index contributed by atoms with van der Waals surface area (Å²) in [4.78, 5) is 11.3. The Morgan fingerprint density at radius 2 is 1.68 bits per heavy atom. The zero-order valence-electron chi connectivity index (χ0n) is 14.7. The lowest BCUT2D eigenvalue weighted by Gasteiger charge is -2.35. The van der Waals surface area contributed by atoms with Crippen molar-refractivity contribution in [2.75, 3.05) is 13.7 Å². The highest BCUT2D eigenvalue weighted by Gasteiger charge is 2.33. The number of aryl methyl sites for hydroxylation is 3. The first-order valence-electron chi connectivity index (χ1n) is 8.34. The van der Waals surface area contributed by atoms with Crippen molar-refractivity contribution in [1.82, 2.24) is 0 Å². The van der Waals surface area contributed by atoms with Crippen molar-refractivity contribution in [3.05, 3.63) is 34.4 Å². The van der Waals surface area contributed by atoms with Gasteiger partial charge in [-0.3, -0.25) is 0 Å². The van der Waals surface area contributed by atoms with E-state index >= 15 is 0 Å². The second-order valence-corrected chi connectivity index (χ2v) is 6.92. The standard InChI is InChI=1S/C19H30O3/c1-14-12-15(2)18(16(3)13-14)8-11-21-22-19(4)9-6-17(20-5)7-10-19/h12-13,17H,6-11H2,1-5H3. The van der Waals surface area contributed by atoms with Crippen molar-refractivity contribution in [2.45, 2.75) is 71.5 Å². The van der Waals surface area contributed by atoms with Gasteiger partial charge in [0.25, 0.3) is 0 Å². The summed E-state index contributed by atoms with van der Waals surface area (Å²) in [5.41, 5.74) is 5.22. The van der Waals surface area contributed by atoms with Crippen LogP contribution < -0.4 is 0 Å². The molecule has 2 rings (SSSR count). The maximum Gasteiger partial charge on any atom is 0.101 e. The Morgan fingerprint density at radius 1 is 1.09 bits per heavy atom. The van der Waals surface area contributed by atoms with Crippen LogP contribution in [0.25, 0.3) is 0 Å². The largest absolute Gasteiger partial charge is 0.381 e. The molecule has 0 bridgehead atoms. The molecule has 0 spiro atoms. The summed E-state index contributed by atoms with van der Waals surface area (Å²) in [5, 5.41) is 0. The fourth-order valence-corrected chi connectivity index (χ4v) is 3.45. The Hall–Kier alpha value is -0.900. The Morgan fingerprint density at radius 3 is 2.23 bits per heavy atom. The van der Waals surface area contributed by atoms with Crippen LogP contribution in [0.4, 0.5) is 0 Å². The monoisotopic (exact) mass is 306 g/mol. The summed E-state index contributed by atoms with van der Waals surface area (Å²) in [6, 6.07) is 4.47. The fraction of sp³-hybridized carbons (Fsp3) is 0.684. The van der Waals surface area contributed by atoms with E-state index in [1.165, 1.54) is 22.3 Å². The van der Waals surface area contributed by atoms with Gasteiger partial charge in [-0.25, -0.2) is 9.78 Å². The molecule has 0 aliphatic heterocycles. The van der Waals surface area contributed by atoms with E-state index in [2.05, 4.69) is 39.8 Å². The second-order valence-electron chi connectivity index (χ2n) is 6.92. The fourth-order valence-electron chi connectivity index (χ4n) is 3.45. The Bertz CT molecular complexity index is 464. The minimum atomic E-state index is -0.160. The van der Waals surface area contributed by atoms with Gasteiger partial charge < -0.3 is 4.74 Å². The number of hydrogen-bond donors (Lipinski definition) is 0. The van der Waals surface area contributed by atoms with Gasteiger partial charge in [-0.05, 0) is 76.5 Å². The molecule has 1 fully saturated rings. The van der Waals surface area contributed by atoms with Crippen molar-refractivity contribution >= 4 is 0 Å². The van der Waals surface area contributed by atoms with Crippen LogP contribution in [0.15, 0.2) is 12.1 Å². The van der Waals surface area contributed by atoms with Crippen molar-refractivity contribution in [3.63, 3.8) is 0 Å². The van der Waals surface area contributed by atoms with E-state index in [4.69, 9.17) is 14.5 Å². The van der Waals surface area contributed by atoms with Gasteiger partial charge in [0.05, 0.1) is 12.7 Å². The Kier molecular flexibility index (Phi) is 6.01. The molecular formula is C19H30O3. The van der Waals surface area contributed by atoms with Crippen LogP contribution in [-0.4, -0.2) is 25.4 Å². The molecule has 1 aromatic rings. The van der Waals surface area contributed by atoms with Gasteiger partial charge in [-0.15, -0.1) is 0 Å². The topological polar surface area (TPSA) is 27.7 Å². The predicted molar refractivity (Wildman–Crippen MR) is 89.1 cm³/mol. The smallest absolute Gasteiger partial charge is 0.101 e. The highest BCUT2D eigenvalue weighted by Crippen LogP contribution is 2.32. The molecular weight excluding hydrogens is 276 g/mol. The summed E-state index contributed by atoms with van der Waals surface area (Å²) >= 11 is 0. The molecule has 22 heavy (non-hydrogen) atoms. The zero-order chi connectivity index (χ0) is 16.2. The number of hydrogen-bond acceptors (Lipinski definition) is 3. The predicted octanol–water partition coefficient (Wildman–Crippen LogP) is 4.45. The van der Waals surface area contributed by atoms with Crippen LogP contribution in [0, 0.1) is 20.8 Å². The number of ether oxygens (including phenoxy) is 1. The lowest BCUT2D eigenvalue weighted by atomic mass is 9.85. The SMILES string of the molecule is COC1CCC(C)(OOCCc2c(C)cc(C)cc2C)CC1. The molecule has 1 aliphatic carbocycles. The lowest BCUT2D eigenvalue weighted by molar-refractivity contribution is -0.364. The van der Waals surface area contributed by atoms with Gasteiger partial charge in [-0.2, -0.15) is 0 Å². The summed E-state index contributed by atoms with van der Waals surface area (Å²) in [7, 11) is 1.79. The summed E-state index contributed by atoms with van der Waals surface area (Å²) < 4.78 is 5.41. The minimum absolute atomic E-state index is 0.160. The maximum absolute atomic E-state index is 5.73. The normalized spacial score (nSPS) is 25.4. The first-order valence-corrected chi connectivity index (χ1v) is 8.34. The van der Waals surface area contributed by atoms with Gasteiger partial charge in [0.1, 0.15) is 5.60 Å². The third kappa shape index (κ3) is 4.55. The van der Waals surface area contributed by atoms with E-state index in [-0.39, 0.29) is 5.60 Å². The molecule has 0 radical (unpaired) electrons. The molecule has 0 unspecified atom stereocenters. The summed E-state index contributed by atoms with van der Waals surface area (Å²) in [6.45, 7) is 9.23. The van der Waals surface area contributed by atoms with Gasteiger partial charge in [0, 0.05) is 7.11 Å². The van der Waals surface area contributed by atoms with Crippen molar-refractivity contribution in [1.29, 1.82) is 0 Å². The molecule has 0 amide bonds. The molecule has 0 atom stereocenters. The van der Waals surface area contributed by atoms with E-state index < -0.39 is 0 Å². The summed E-state index contributed by atoms with van der Waals surface area (Å²) in [6.07, 6.45) is 5.37. The summed E-state index contributed by atoms with van der Waals surface area (Å²) in [5.74, 6) is 0. The van der Waals surface area contributed by atoms with E-state index in [1.54, 1.807) is 7.11 Å². The molecule has 0 aromatic heterocycles. The van der Waals surface area contributed by atoms with Crippen LogP contribution >= 0.6 is 0 Å². The Balaban J connectivity index is 1.78. The van der Waals surface area contributed by atoms with E-state index in [0.29, 0.717) is 12.7 Å². The van der Waals surface area contributed by atoms with Crippen molar-refractivity contribution in [3.8, 4) is 0 Å². The van der Waals surface area contributed by atoms with Crippen LogP contribution in [0.2, 0.25) is 0 Å². The van der Waals surface area contributed by atoms with E-state index in [1.807, 2.05) is 0 Å². The highest BCUT2D eigenvalue weighted by atomic mass is 17.2. The third-order valence-electron chi connectivity index (χ3n) is 4.86. The number of rotatable bonds is 6. The molecule has 0 saturated heterocycles. The van der Waals surface area contributed by atoms with Gasteiger partial charge >= 0.3 is 0 Å². The molecule has 3 nitrogen and oxygen atoms in total. The molecule has 0 heterocycles. The van der Waals surface area contributed by atoms with Gasteiger partial charge in [0.2, 0.25) is 0 Å². The van der Waals surface area contributed by atoms with E-state index in [0.717, 1.165) is 32.1 Å². The Labute approximate surface area is 134 Å². The van der Waals surface area contributed by atoms with Crippen LogP contribution in [0.5, 0.6) is 0 Å². The van der Waals surface area contributed by atoms with Crippen LogP contribution in [0.1, 0.15) is 54.9 Å². The quantitative estimate of drug-likeness (QED) is 0.441. The molecule has 1 aromatic carbocycles. The average Bonchev–Trinajstić information content (AvgIpc) is 2.46. The molecule has 124 valence electrons. The van der Waals surface area contributed by atoms with E-state index in [9.17, 15) is 0 Å². The van der Waals surface area contributed by atoms with Gasteiger partial charge in [0.15, 0.2) is 0 Å². The highest BCUT2D eigenvalue weighted by molar-refractivity contribution is 5.37. The third-order valence-corrected chi connectivity index (χ3v) is 4.86. The number of benzene rings is 1. The minimum Gasteiger partial charge on any atom is -0.381 e. The van der Waals surface area contributed by atoms with Gasteiger partial charge in [-0.1, -0.05) is 17.7 Å². The average molecular weight is 306 g/mol. The first kappa shape index (κ1) is 17.5. The lowest BCUT2D eigenvalue weighted by Crippen LogP contribution is -2.36. The van der Waals surface area contributed by atoms with Crippen LogP contribution in [-0.2, 0) is 20.9 Å². The maximum atomic E-state index is 5.73. The number of methoxy groups -OCH3 is 1. The second kappa shape index (κ2) is 7.58. The first-order chi connectivity index (χ1) is 10.4. The zero-order valence-corrected chi connectivity index (χ0v) is 14.7. The molecule has 0 N–H and O–H groups in total. The van der Waals surface area contributed by atoms with Crippen molar-refractivity contribution in [2.24, 2.45) is 0 Å². The molecule has 1 saturated carbocycles. The van der Waals surface area contributed by atoms with Crippen molar-refractivity contribution < 1.29 is 14.5 Å². The molecule has 3 heteroatoms.